The van der Waals surface area contributed by atoms with E-state index in [0.717, 1.165) is 44.2 Å². The zero-order valence-electron chi connectivity index (χ0n) is 12.2. The van der Waals surface area contributed by atoms with Crippen LogP contribution in [0.15, 0.2) is 0 Å². The lowest BCUT2D eigenvalue weighted by molar-refractivity contribution is -0.126. The number of Topliss-reactive ketones (excluding diaryl/α,β-unsaturated/α-hetero) is 1. The number of rotatable bonds is 5. The third-order valence-electron chi connectivity index (χ3n) is 4.34. The summed E-state index contributed by atoms with van der Waals surface area (Å²) in [5.74, 6) is 2.27. The zero-order chi connectivity index (χ0) is 13.0. The van der Waals surface area contributed by atoms with E-state index in [1.54, 1.807) is 0 Å². The van der Waals surface area contributed by atoms with Crippen LogP contribution in [0, 0.1) is 17.8 Å². The van der Waals surface area contributed by atoms with E-state index >= 15 is 0 Å². The van der Waals surface area contributed by atoms with Gasteiger partial charge in [-0.2, -0.15) is 0 Å². The number of ketones is 1. The molecule has 17 heavy (non-hydrogen) atoms. The highest BCUT2D eigenvalue weighted by Gasteiger charge is 2.31. The van der Waals surface area contributed by atoms with Crippen molar-refractivity contribution >= 4 is 5.78 Å². The molecule has 2 unspecified atom stereocenters. The van der Waals surface area contributed by atoms with Crippen molar-refractivity contribution in [3.63, 3.8) is 0 Å². The lowest BCUT2D eigenvalue weighted by Gasteiger charge is -2.35. The van der Waals surface area contributed by atoms with E-state index in [9.17, 15) is 4.79 Å². The molecule has 0 bridgehead atoms. The predicted octanol–water partition coefficient (Wildman–Crippen LogP) is 3.36. The molecule has 100 valence electrons. The van der Waals surface area contributed by atoms with E-state index in [-0.39, 0.29) is 0 Å². The van der Waals surface area contributed by atoms with Crippen LogP contribution in [0.5, 0.6) is 0 Å². The largest absolute Gasteiger partial charge is 0.300 e. The molecule has 0 aromatic carbocycles. The molecule has 1 saturated carbocycles. The molecule has 0 aromatic rings. The van der Waals surface area contributed by atoms with E-state index in [1.807, 2.05) is 0 Å². The molecular formula is C15H29NO. The normalized spacial score (nSPS) is 26.2. The molecule has 0 saturated heterocycles. The average Bonchev–Trinajstić information content (AvgIpc) is 2.27. The molecule has 1 aliphatic rings. The molecule has 0 aromatic heterocycles. The van der Waals surface area contributed by atoms with Crippen molar-refractivity contribution in [2.24, 2.45) is 17.8 Å². The summed E-state index contributed by atoms with van der Waals surface area (Å²) in [6.45, 7) is 13.2. The van der Waals surface area contributed by atoms with Gasteiger partial charge in [-0.25, -0.2) is 0 Å². The third-order valence-corrected chi connectivity index (χ3v) is 4.34. The van der Waals surface area contributed by atoms with E-state index in [0.29, 0.717) is 17.7 Å². The van der Waals surface area contributed by atoms with Gasteiger partial charge in [-0.1, -0.05) is 20.8 Å². The molecule has 1 fully saturated rings. The Morgan fingerprint density at radius 3 is 2.41 bits per heavy atom. The summed E-state index contributed by atoms with van der Waals surface area (Å²) >= 11 is 0. The summed E-state index contributed by atoms with van der Waals surface area (Å²) in [6.07, 6.45) is 3.03. The summed E-state index contributed by atoms with van der Waals surface area (Å²) < 4.78 is 0. The monoisotopic (exact) mass is 239 g/mol. The van der Waals surface area contributed by atoms with Gasteiger partial charge in [0.1, 0.15) is 5.78 Å². The first-order valence-electron chi connectivity index (χ1n) is 7.22. The van der Waals surface area contributed by atoms with E-state index < -0.39 is 0 Å². The van der Waals surface area contributed by atoms with Crippen LogP contribution < -0.4 is 0 Å². The van der Waals surface area contributed by atoms with Gasteiger partial charge in [-0.05, 0) is 45.1 Å². The van der Waals surface area contributed by atoms with E-state index in [2.05, 4.69) is 39.5 Å². The quantitative estimate of drug-likeness (QED) is 0.733. The third kappa shape index (κ3) is 4.09. The molecule has 2 nitrogen and oxygen atoms in total. The highest BCUT2D eigenvalue weighted by molar-refractivity contribution is 5.82. The molecule has 0 radical (unpaired) electrons. The van der Waals surface area contributed by atoms with Crippen molar-refractivity contribution in [1.82, 2.24) is 4.90 Å². The van der Waals surface area contributed by atoms with Crippen LogP contribution >= 0.6 is 0 Å². The Morgan fingerprint density at radius 1 is 1.29 bits per heavy atom. The fourth-order valence-corrected chi connectivity index (χ4v) is 2.92. The van der Waals surface area contributed by atoms with Gasteiger partial charge >= 0.3 is 0 Å². The first-order chi connectivity index (χ1) is 7.95. The minimum atomic E-state index is 0.290. The lowest BCUT2D eigenvalue weighted by Crippen LogP contribution is -2.40. The Kier molecular flexibility index (Phi) is 5.64. The summed E-state index contributed by atoms with van der Waals surface area (Å²) in [6, 6.07) is 0.548. The van der Waals surface area contributed by atoms with Gasteiger partial charge in [-0.3, -0.25) is 4.79 Å². The summed E-state index contributed by atoms with van der Waals surface area (Å²) in [5, 5.41) is 0. The second-order valence-corrected chi connectivity index (χ2v) is 6.12. The summed E-state index contributed by atoms with van der Waals surface area (Å²) in [4.78, 5) is 14.4. The number of hydrogen-bond donors (Lipinski definition) is 0. The van der Waals surface area contributed by atoms with Crippen molar-refractivity contribution in [3.05, 3.63) is 0 Å². The highest BCUT2D eigenvalue weighted by atomic mass is 16.1. The van der Waals surface area contributed by atoms with Crippen LogP contribution in [-0.4, -0.2) is 29.8 Å². The number of carbonyl (C=O) groups is 1. The Morgan fingerprint density at radius 2 is 1.94 bits per heavy atom. The van der Waals surface area contributed by atoms with E-state index in [4.69, 9.17) is 0 Å². The average molecular weight is 239 g/mol. The van der Waals surface area contributed by atoms with Crippen LogP contribution in [0.1, 0.15) is 53.9 Å². The molecule has 0 aliphatic heterocycles. The topological polar surface area (TPSA) is 20.3 Å². The van der Waals surface area contributed by atoms with Crippen LogP contribution in [0.2, 0.25) is 0 Å². The van der Waals surface area contributed by atoms with Crippen LogP contribution in [0.3, 0.4) is 0 Å². The van der Waals surface area contributed by atoms with Gasteiger partial charge in [0.2, 0.25) is 0 Å². The standard InChI is InChI=1S/C15H29NO/c1-6-16(12(4)5)10-14-9-13(11(2)3)7-8-15(14)17/h11-14H,6-10H2,1-5H3. The molecule has 2 atom stereocenters. The Balaban J connectivity index is 2.58. The fourth-order valence-electron chi connectivity index (χ4n) is 2.92. The van der Waals surface area contributed by atoms with Gasteiger partial charge in [-0.15, -0.1) is 0 Å². The Bertz CT molecular complexity index is 247. The molecule has 1 aliphatic carbocycles. The molecule has 1 rings (SSSR count). The number of carbonyl (C=O) groups excluding carboxylic acids is 1. The SMILES string of the molecule is CCN(CC1CC(C(C)C)CCC1=O)C(C)C. The van der Waals surface area contributed by atoms with Gasteiger partial charge in [0.05, 0.1) is 0 Å². The van der Waals surface area contributed by atoms with Crippen LogP contribution in [0.25, 0.3) is 0 Å². The van der Waals surface area contributed by atoms with Crippen molar-refractivity contribution in [3.8, 4) is 0 Å². The molecule has 0 spiro atoms. The first-order valence-corrected chi connectivity index (χ1v) is 7.22. The first kappa shape index (κ1) is 14.7. The maximum absolute atomic E-state index is 12.0. The zero-order valence-corrected chi connectivity index (χ0v) is 12.2. The summed E-state index contributed by atoms with van der Waals surface area (Å²) in [7, 11) is 0. The molecular weight excluding hydrogens is 210 g/mol. The highest BCUT2D eigenvalue weighted by Crippen LogP contribution is 2.32. The van der Waals surface area contributed by atoms with Crippen molar-refractivity contribution in [2.75, 3.05) is 13.1 Å². The van der Waals surface area contributed by atoms with E-state index in [1.165, 1.54) is 0 Å². The Hall–Kier alpha value is -0.370. The minimum Gasteiger partial charge on any atom is -0.300 e. The van der Waals surface area contributed by atoms with Crippen LogP contribution in [0.4, 0.5) is 0 Å². The van der Waals surface area contributed by atoms with Gasteiger partial charge in [0.25, 0.3) is 0 Å². The minimum absolute atomic E-state index is 0.290. The number of nitrogens with zero attached hydrogens (tertiary/aromatic N) is 1. The number of hydrogen-bond acceptors (Lipinski definition) is 2. The summed E-state index contributed by atoms with van der Waals surface area (Å²) in [5.41, 5.74) is 0. The molecule has 0 heterocycles. The predicted molar refractivity (Wildman–Crippen MR) is 73.1 cm³/mol. The lowest BCUT2D eigenvalue weighted by atomic mass is 9.75. The maximum atomic E-state index is 12.0. The Labute approximate surface area is 107 Å². The van der Waals surface area contributed by atoms with Crippen molar-refractivity contribution in [2.45, 2.75) is 59.9 Å². The second-order valence-electron chi connectivity index (χ2n) is 6.12. The molecule has 0 N–H and O–H groups in total. The maximum Gasteiger partial charge on any atom is 0.137 e. The molecule has 2 heteroatoms. The smallest absolute Gasteiger partial charge is 0.137 e. The van der Waals surface area contributed by atoms with Gasteiger partial charge < -0.3 is 4.90 Å². The van der Waals surface area contributed by atoms with Gasteiger partial charge in [0.15, 0.2) is 0 Å². The van der Waals surface area contributed by atoms with Crippen molar-refractivity contribution < 1.29 is 4.79 Å². The fraction of sp³-hybridized carbons (Fsp3) is 0.933. The van der Waals surface area contributed by atoms with Gasteiger partial charge in [0, 0.05) is 24.9 Å². The van der Waals surface area contributed by atoms with Crippen molar-refractivity contribution in [1.29, 1.82) is 0 Å². The second kappa shape index (κ2) is 6.53. The molecule has 0 amide bonds. The van der Waals surface area contributed by atoms with Crippen LogP contribution in [-0.2, 0) is 4.79 Å².